The van der Waals surface area contributed by atoms with Crippen LogP contribution < -0.4 is 10.5 Å². The number of fused-ring (bicyclic) bond motifs is 1. The number of benzene rings is 1. The van der Waals surface area contributed by atoms with E-state index in [0.717, 1.165) is 22.3 Å². The van der Waals surface area contributed by atoms with Crippen molar-refractivity contribution in [3.63, 3.8) is 0 Å². The number of para-hydroxylation sites is 1. The number of ether oxygens (including phenoxy) is 1. The highest BCUT2D eigenvalue weighted by Crippen LogP contribution is 2.25. The van der Waals surface area contributed by atoms with E-state index in [1.54, 1.807) is 7.11 Å². The van der Waals surface area contributed by atoms with Gasteiger partial charge in [-0.05, 0) is 13.0 Å². The standard InChI is InChI=1S/C10H11N3O/c1-6-7-4-3-5-8(14-2)9(7)13-10(11)12-6/h3-5H,1-2H3,(H2,11,12,13). The van der Waals surface area contributed by atoms with Crippen molar-refractivity contribution in [1.29, 1.82) is 0 Å². The van der Waals surface area contributed by atoms with Gasteiger partial charge in [-0.25, -0.2) is 9.97 Å². The fraction of sp³-hybridized carbons (Fsp3) is 0.200. The summed E-state index contributed by atoms with van der Waals surface area (Å²) in [5.74, 6) is 0.999. The van der Waals surface area contributed by atoms with E-state index in [9.17, 15) is 0 Å². The molecule has 0 aliphatic rings. The van der Waals surface area contributed by atoms with Crippen molar-refractivity contribution in [2.24, 2.45) is 0 Å². The Morgan fingerprint density at radius 3 is 2.79 bits per heavy atom. The summed E-state index contributed by atoms with van der Waals surface area (Å²) in [4.78, 5) is 8.24. The van der Waals surface area contributed by atoms with Crippen LogP contribution in [-0.4, -0.2) is 17.1 Å². The van der Waals surface area contributed by atoms with Gasteiger partial charge in [0.15, 0.2) is 0 Å². The van der Waals surface area contributed by atoms with Crippen molar-refractivity contribution in [3.8, 4) is 5.75 Å². The van der Waals surface area contributed by atoms with Crippen molar-refractivity contribution in [2.75, 3.05) is 12.8 Å². The topological polar surface area (TPSA) is 61.0 Å². The molecule has 0 radical (unpaired) electrons. The Morgan fingerprint density at radius 2 is 2.07 bits per heavy atom. The fourth-order valence-electron chi connectivity index (χ4n) is 1.47. The molecule has 0 aliphatic heterocycles. The first-order valence-corrected chi connectivity index (χ1v) is 4.29. The van der Waals surface area contributed by atoms with E-state index >= 15 is 0 Å². The second-order valence-corrected chi connectivity index (χ2v) is 3.02. The van der Waals surface area contributed by atoms with Gasteiger partial charge in [0, 0.05) is 5.39 Å². The van der Waals surface area contributed by atoms with Crippen LogP contribution in [0.1, 0.15) is 5.69 Å². The number of rotatable bonds is 1. The third-order valence-corrected chi connectivity index (χ3v) is 2.12. The minimum absolute atomic E-state index is 0.277. The van der Waals surface area contributed by atoms with Gasteiger partial charge in [-0.2, -0.15) is 0 Å². The molecule has 2 rings (SSSR count). The number of aromatic nitrogens is 2. The average Bonchev–Trinajstić information content (AvgIpc) is 2.17. The summed E-state index contributed by atoms with van der Waals surface area (Å²) < 4.78 is 5.19. The monoisotopic (exact) mass is 189 g/mol. The lowest BCUT2D eigenvalue weighted by atomic mass is 10.2. The summed E-state index contributed by atoms with van der Waals surface area (Å²) in [6.07, 6.45) is 0. The maximum atomic E-state index is 5.57. The lowest BCUT2D eigenvalue weighted by Gasteiger charge is -2.06. The van der Waals surface area contributed by atoms with Gasteiger partial charge in [0.25, 0.3) is 0 Å². The van der Waals surface area contributed by atoms with Crippen LogP contribution in [0.3, 0.4) is 0 Å². The number of nitrogens with zero attached hydrogens (tertiary/aromatic N) is 2. The molecule has 0 fully saturated rings. The molecule has 0 spiro atoms. The first-order chi connectivity index (χ1) is 6.72. The lowest BCUT2D eigenvalue weighted by molar-refractivity contribution is 0.419. The van der Waals surface area contributed by atoms with Crippen molar-refractivity contribution < 1.29 is 4.74 Å². The van der Waals surface area contributed by atoms with Gasteiger partial charge in [-0.3, -0.25) is 0 Å². The minimum atomic E-state index is 0.277. The molecule has 1 aromatic heterocycles. The molecule has 0 bridgehead atoms. The normalized spacial score (nSPS) is 10.4. The van der Waals surface area contributed by atoms with Crippen LogP contribution >= 0.6 is 0 Å². The molecule has 0 aliphatic carbocycles. The number of aryl methyl sites for hydroxylation is 1. The van der Waals surface area contributed by atoms with Crippen LogP contribution in [0.5, 0.6) is 5.75 Å². The molecule has 0 amide bonds. The predicted octanol–water partition coefficient (Wildman–Crippen LogP) is 1.53. The van der Waals surface area contributed by atoms with E-state index in [-0.39, 0.29) is 5.95 Å². The Bertz CT molecular complexity index is 482. The van der Waals surface area contributed by atoms with E-state index in [1.807, 2.05) is 25.1 Å². The summed E-state index contributed by atoms with van der Waals surface area (Å²) in [6.45, 7) is 1.90. The largest absolute Gasteiger partial charge is 0.494 e. The molecule has 4 nitrogen and oxygen atoms in total. The summed E-state index contributed by atoms with van der Waals surface area (Å²) in [5, 5.41) is 0.971. The number of hydrogen-bond acceptors (Lipinski definition) is 4. The summed E-state index contributed by atoms with van der Waals surface area (Å²) >= 11 is 0. The summed E-state index contributed by atoms with van der Waals surface area (Å²) in [7, 11) is 1.61. The van der Waals surface area contributed by atoms with Crippen molar-refractivity contribution in [1.82, 2.24) is 9.97 Å². The van der Waals surface area contributed by atoms with Crippen LogP contribution in [0.15, 0.2) is 18.2 Å². The third kappa shape index (κ3) is 1.25. The number of nitrogens with two attached hydrogens (primary N) is 1. The average molecular weight is 189 g/mol. The molecule has 2 N–H and O–H groups in total. The van der Waals surface area contributed by atoms with Crippen LogP contribution in [0.2, 0.25) is 0 Å². The highest BCUT2D eigenvalue weighted by atomic mass is 16.5. The molecular weight excluding hydrogens is 178 g/mol. The van der Waals surface area contributed by atoms with Gasteiger partial charge < -0.3 is 10.5 Å². The van der Waals surface area contributed by atoms with Crippen LogP contribution in [0.25, 0.3) is 10.9 Å². The van der Waals surface area contributed by atoms with E-state index in [0.29, 0.717) is 0 Å². The summed E-state index contributed by atoms with van der Waals surface area (Å²) in [5.41, 5.74) is 7.20. The predicted molar refractivity (Wildman–Crippen MR) is 55.2 cm³/mol. The molecule has 14 heavy (non-hydrogen) atoms. The zero-order valence-corrected chi connectivity index (χ0v) is 8.11. The first kappa shape index (κ1) is 8.74. The number of hydrogen-bond donors (Lipinski definition) is 1. The molecular formula is C10H11N3O. The Kier molecular flexibility index (Phi) is 1.96. The van der Waals surface area contributed by atoms with Crippen LogP contribution in [-0.2, 0) is 0 Å². The number of anilines is 1. The summed E-state index contributed by atoms with van der Waals surface area (Å²) in [6, 6.07) is 5.72. The Labute approximate surface area is 81.7 Å². The second kappa shape index (κ2) is 3.14. The SMILES string of the molecule is COc1cccc2c(C)nc(N)nc12. The van der Waals surface area contributed by atoms with E-state index in [1.165, 1.54) is 0 Å². The third-order valence-electron chi connectivity index (χ3n) is 2.12. The highest BCUT2D eigenvalue weighted by molar-refractivity contribution is 5.86. The molecule has 2 aromatic rings. The zero-order valence-electron chi connectivity index (χ0n) is 8.11. The van der Waals surface area contributed by atoms with Gasteiger partial charge in [0.05, 0.1) is 12.8 Å². The minimum Gasteiger partial charge on any atom is -0.494 e. The van der Waals surface area contributed by atoms with E-state index < -0.39 is 0 Å². The van der Waals surface area contributed by atoms with Crippen LogP contribution in [0, 0.1) is 6.92 Å². The van der Waals surface area contributed by atoms with Gasteiger partial charge in [-0.1, -0.05) is 12.1 Å². The molecule has 1 aromatic carbocycles. The van der Waals surface area contributed by atoms with E-state index in [4.69, 9.17) is 10.5 Å². The van der Waals surface area contributed by atoms with E-state index in [2.05, 4.69) is 9.97 Å². The van der Waals surface area contributed by atoms with Gasteiger partial charge >= 0.3 is 0 Å². The van der Waals surface area contributed by atoms with Gasteiger partial charge in [-0.15, -0.1) is 0 Å². The second-order valence-electron chi connectivity index (χ2n) is 3.02. The zero-order chi connectivity index (χ0) is 10.1. The number of methoxy groups -OCH3 is 1. The van der Waals surface area contributed by atoms with Gasteiger partial charge in [0.1, 0.15) is 11.3 Å². The maximum Gasteiger partial charge on any atom is 0.220 e. The Hall–Kier alpha value is -1.84. The van der Waals surface area contributed by atoms with Gasteiger partial charge in [0.2, 0.25) is 5.95 Å². The van der Waals surface area contributed by atoms with Crippen molar-refractivity contribution in [3.05, 3.63) is 23.9 Å². The van der Waals surface area contributed by atoms with Crippen LogP contribution in [0.4, 0.5) is 5.95 Å². The highest BCUT2D eigenvalue weighted by Gasteiger charge is 2.06. The molecule has 0 saturated heterocycles. The van der Waals surface area contributed by atoms with Crippen molar-refractivity contribution in [2.45, 2.75) is 6.92 Å². The molecule has 0 saturated carbocycles. The quantitative estimate of drug-likeness (QED) is 0.739. The maximum absolute atomic E-state index is 5.57. The lowest BCUT2D eigenvalue weighted by Crippen LogP contribution is -1.98. The Balaban J connectivity index is 2.86. The number of nitrogen functional groups attached to an aromatic ring is 1. The molecule has 4 heteroatoms. The van der Waals surface area contributed by atoms with Crippen molar-refractivity contribution >= 4 is 16.9 Å². The fourth-order valence-corrected chi connectivity index (χ4v) is 1.47. The molecule has 72 valence electrons. The smallest absolute Gasteiger partial charge is 0.220 e. The Morgan fingerprint density at radius 1 is 1.29 bits per heavy atom. The molecule has 1 heterocycles. The molecule has 0 atom stereocenters. The first-order valence-electron chi connectivity index (χ1n) is 4.29. The molecule has 0 unspecified atom stereocenters.